The Morgan fingerprint density at radius 3 is 3.00 bits per heavy atom. The summed E-state index contributed by atoms with van der Waals surface area (Å²) in [6.07, 6.45) is 6.53. The van der Waals surface area contributed by atoms with Crippen LogP contribution in [0.4, 0.5) is 0 Å². The maximum Gasteiger partial charge on any atom is 0.191 e. The smallest absolute Gasteiger partial charge is 0.191 e. The summed E-state index contributed by atoms with van der Waals surface area (Å²) in [6, 6.07) is 0. The summed E-state index contributed by atoms with van der Waals surface area (Å²) in [7, 11) is 0. The van der Waals surface area contributed by atoms with Gasteiger partial charge in [0, 0.05) is 24.0 Å². The molecule has 1 fully saturated rings. The Morgan fingerprint density at radius 1 is 1.52 bits per heavy atom. The van der Waals surface area contributed by atoms with Crippen molar-refractivity contribution in [1.82, 2.24) is 20.4 Å². The molecule has 1 aromatic heterocycles. The third kappa shape index (κ3) is 5.26. The second-order valence-electron chi connectivity index (χ2n) is 5.80. The number of hydrogen-bond acceptors (Lipinski definition) is 3. The number of nitrogens with zero attached hydrogens (tertiary/aromatic N) is 3. The minimum atomic E-state index is 0.321. The number of nitrogens with one attached hydrogen (secondary N) is 2. The van der Waals surface area contributed by atoms with E-state index in [-0.39, 0.29) is 0 Å². The lowest BCUT2D eigenvalue weighted by Gasteiger charge is -2.21. The fourth-order valence-electron chi connectivity index (χ4n) is 2.43. The first kappa shape index (κ1) is 16.2. The van der Waals surface area contributed by atoms with E-state index < -0.39 is 0 Å². The van der Waals surface area contributed by atoms with Gasteiger partial charge in [-0.3, -0.25) is 9.67 Å². The van der Waals surface area contributed by atoms with Crippen LogP contribution in [0.5, 0.6) is 0 Å². The standard InChI is InChI=1S/C15H27N5S/c1-4-16-14(18-12-15(3)6-5-9-21-15)17-7-8-20-11-13(2)10-19-20/h10-11H,4-9,12H2,1-3H3,(H2,16,17,18). The molecule has 5 nitrogen and oxygen atoms in total. The summed E-state index contributed by atoms with van der Waals surface area (Å²) in [5.41, 5.74) is 1.20. The number of aryl methyl sites for hydroxylation is 1. The van der Waals surface area contributed by atoms with Crippen molar-refractivity contribution in [3.63, 3.8) is 0 Å². The molecule has 2 heterocycles. The molecule has 0 saturated carbocycles. The van der Waals surface area contributed by atoms with Crippen LogP contribution in [-0.2, 0) is 6.54 Å². The zero-order valence-corrected chi connectivity index (χ0v) is 14.2. The van der Waals surface area contributed by atoms with Gasteiger partial charge in [0.1, 0.15) is 0 Å². The molecule has 1 aromatic rings. The lowest BCUT2D eigenvalue weighted by atomic mass is 10.1. The first-order valence-electron chi connectivity index (χ1n) is 7.76. The zero-order valence-electron chi connectivity index (χ0n) is 13.4. The summed E-state index contributed by atoms with van der Waals surface area (Å²) in [5, 5.41) is 11.0. The number of guanidine groups is 1. The van der Waals surface area contributed by atoms with Gasteiger partial charge >= 0.3 is 0 Å². The molecule has 0 amide bonds. The van der Waals surface area contributed by atoms with E-state index >= 15 is 0 Å². The second-order valence-corrected chi connectivity index (χ2v) is 7.49. The van der Waals surface area contributed by atoms with Crippen molar-refractivity contribution in [3.8, 4) is 0 Å². The molecular formula is C15H27N5S. The van der Waals surface area contributed by atoms with Gasteiger partial charge in [-0.05, 0) is 44.9 Å². The van der Waals surface area contributed by atoms with Crippen LogP contribution in [0, 0.1) is 6.92 Å². The normalized spacial score (nSPS) is 22.5. The average molecular weight is 309 g/mol. The highest BCUT2D eigenvalue weighted by Gasteiger charge is 2.29. The second kappa shape index (κ2) is 7.73. The molecule has 118 valence electrons. The largest absolute Gasteiger partial charge is 0.357 e. The molecule has 1 atom stereocenters. The van der Waals surface area contributed by atoms with Gasteiger partial charge in [0.2, 0.25) is 0 Å². The quantitative estimate of drug-likeness (QED) is 0.624. The van der Waals surface area contributed by atoms with Gasteiger partial charge in [-0.2, -0.15) is 16.9 Å². The van der Waals surface area contributed by atoms with E-state index in [1.54, 1.807) is 0 Å². The highest BCUT2D eigenvalue weighted by molar-refractivity contribution is 8.00. The molecule has 2 N–H and O–H groups in total. The highest BCUT2D eigenvalue weighted by atomic mass is 32.2. The Kier molecular flexibility index (Phi) is 5.96. The van der Waals surface area contributed by atoms with E-state index in [2.05, 4.69) is 54.5 Å². The van der Waals surface area contributed by atoms with Crippen molar-refractivity contribution in [1.29, 1.82) is 0 Å². The van der Waals surface area contributed by atoms with Crippen LogP contribution in [0.25, 0.3) is 0 Å². The van der Waals surface area contributed by atoms with Crippen LogP contribution in [0.2, 0.25) is 0 Å². The van der Waals surface area contributed by atoms with Gasteiger partial charge in [-0.25, -0.2) is 0 Å². The van der Waals surface area contributed by atoms with E-state index in [0.29, 0.717) is 4.75 Å². The van der Waals surface area contributed by atoms with Gasteiger partial charge in [0.05, 0.1) is 19.3 Å². The third-order valence-electron chi connectivity index (χ3n) is 3.61. The summed E-state index contributed by atoms with van der Waals surface area (Å²) in [6.45, 7) is 9.93. The fourth-order valence-corrected chi connectivity index (χ4v) is 3.65. The summed E-state index contributed by atoms with van der Waals surface area (Å²) in [5.74, 6) is 2.18. The lowest BCUT2D eigenvalue weighted by Crippen LogP contribution is -2.40. The van der Waals surface area contributed by atoms with Crippen LogP contribution in [0.1, 0.15) is 32.3 Å². The highest BCUT2D eigenvalue weighted by Crippen LogP contribution is 2.37. The van der Waals surface area contributed by atoms with Gasteiger partial charge in [-0.1, -0.05) is 0 Å². The van der Waals surface area contributed by atoms with Crippen LogP contribution in [0.3, 0.4) is 0 Å². The predicted molar refractivity (Wildman–Crippen MR) is 91.0 cm³/mol. The van der Waals surface area contributed by atoms with Gasteiger partial charge in [-0.15, -0.1) is 0 Å². The Labute approximate surface area is 132 Å². The molecule has 2 rings (SSSR count). The van der Waals surface area contributed by atoms with Crippen molar-refractivity contribution in [2.45, 2.75) is 44.9 Å². The molecule has 21 heavy (non-hydrogen) atoms. The molecule has 1 unspecified atom stereocenters. The van der Waals surface area contributed by atoms with Crippen molar-refractivity contribution in [3.05, 3.63) is 18.0 Å². The fraction of sp³-hybridized carbons (Fsp3) is 0.733. The Morgan fingerprint density at radius 2 is 2.38 bits per heavy atom. The van der Waals surface area contributed by atoms with Crippen LogP contribution in [-0.4, -0.2) is 45.9 Å². The molecule has 0 bridgehead atoms. The van der Waals surface area contributed by atoms with E-state index in [4.69, 9.17) is 4.99 Å². The summed E-state index contributed by atoms with van der Waals surface area (Å²) in [4.78, 5) is 4.75. The molecule has 0 spiro atoms. The molecule has 0 aliphatic carbocycles. The molecular weight excluding hydrogens is 282 g/mol. The van der Waals surface area contributed by atoms with Crippen molar-refractivity contribution in [2.75, 3.05) is 25.4 Å². The van der Waals surface area contributed by atoms with Crippen molar-refractivity contribution < 1.29 is 0 Å². The summed E-state index contributed by atoms with van der Waals surface area (Å²) < 4.78 is 2.28. The molecule has 1 aliphatic heterocycles. The molecule has 1 saturated heterocycles. The third-order valence-corrected chi connectivity index (χ3v) is 5.13. The molecule has 1 aliphatic rings. The van der Waals surface area contributed by atoms with Crippen LogP contribution in [0.15, 0.2) is 17.4 Å². The van der Waals surface area contributed by atoms with Crippen molar-refractivity contribution in [2.24, 2.45) is 4.99 Å². The summed E-state index contributed by atoms with van der Waals surface area (Å²) >= 11 is 2.05. The molecule has 0 radical (unpaired) electrons. The van der Waals surface area contributed by atoms with E-state index in [1.165, 1.54) is 24.2 Å². The Hall–Kier alpha value is -1.17. The molecule has 6 heteroatoms. The minimum Gasteiger partial charge on any atom is -0.357 e. The first-order valence-corrected chi connectivity index (χ1v) is 8.75. The minimum absolute atomic E-state index is 0.321. The predicted octanol–water partition coefficient (Wildman–Crippen LogP) is 2.03. The lowest BCUT2D eigenvalue weighted by molar-refractivity contribution is 0.591. The van der Waals surface area contributed by atoms with Crippen LogP contribution >= 0.6 is 11.8 Å². The zero-order chi connectivity index (χ0) is 15.1. The average Bonchev–Trinajstić information content (AvgIpc) is 3.06. The van der Waals surface area contributed by atoms with Gasteiger partial charge in [0.15, 0.2) is 5.96 Å². The van der Waals surface area contributed by atoms with E-state index in [0.717, 1.165) is 32.1 Å². The SMILES string of the molecule is CCNC(=NCC1(C)CCCS1)NCCn1cc(C)cn1. The maximum atomic E-state index is 4.75. The van der Waals surface area contributed by atoms with Gasteiger partial charge in [0.25, 0.3) is 0 Å². The number of hydrogen-bond donors (Lipinski definition) is 2. The monoisotopic (exact) mass is 309 g/mol. The maximum absolute atomic E-state index is 4.75. The van der Waals surface area contributed by atoms with E-state index in [1.807, 2.05) is 10.9 Å². The molecule has 0 aromatic carbocycles. The van der Waals surface area contributed by atoms with Crippen molar-refractivity contribution >= 4 is 17.7 Å². The Balaban J connectivity index is 1.80. The van der Waals surface area contributed by atoms with Gasteiger partial charge < -0.3 is 10.6 Å². The first-order chi connectivity index (χ1) is 10.1. The topological polar surface area (TPSA) is 54.2 Å². The number of thioether (sulfide) groups is 1. The van der Waals surface area contributed by atoms with E-state index in [9.17, 15) is 0 Å². The number of aromatic nitrogens is 2. The number of rotatable bonds is 6. The number of aliphatic imine (C=N–C) groups is 1. The van der Waals surface area contributed by atoms with Crippen LogP contribution < -0.4 is 10.6 Å². The Bertz CT molecular complexity index is 462.